The highest BCUT2D eigenvalue weighted by Gasteiger charge is 2.20. The topological polar surface area (TPSA) is 56.5 Å². The smallest absolute Gasteiger partial charge is 0.308 e. The van der Waals surface area contributed by atoms with Crippen LogP contribution in [0.1, 0.15) is 33.3 Å². The monoisotopic (exact) mass is 370 g/mol. The fourth-order valence-corrected chi connectivity index (χ4v) is 2.87. The summed E-state index contributed by atoms with van der Waals surface area (Å²) < 4.78 is 11.1. The molecule has 5 heteroatoms. The van der Waals surface area contributed by atoms with Crippen molar-refractivity contribution >= 4 is 28.5 Å². The van der Waals surface area contributed by atoms with Gasteiger partial charge in [0.1, 0.15) is 5.58 Å². The summed E-state index contributed by atoms with van der Waals surface area (Å²) in [5.74, 6) is -0.498. The van der Waals surface area contributed by atoms with Crippen LogP contribution in [0.15, 0.2) is 51.7 Å². The number of halogens is 1. The first kappa shape index (κ1) is 18.2. The van der Waals surface area contributed by atoms with Gasteiger partial charge in [0.05, 0.1) is 5.39 Å². The third-order valence-electron chi connectivity index (χ3n) is 4.07. The molecule has 26 heavy (non-hydrogen) atoms. The number of benzene rings is 2. The van der Waals surface area contributed by atoms with Crippen molar-refractivity contribution in [1.82, 2.24) is 0 Å². The molecule has 1 aromatic heterocycles. The number of fused-ring (bicyclic) bond motifs is 1. The third-order valence-corrected chi connectivity index (χ3v) is 4.30. The molecule has 2 aromatic carbocycles. The summed E-state index contributed by atoms with van der Waals surface area (Å²) in [7, 11) is 0. The lowest BCUT2D eigenvalue weighted by molar-refractivity contribution is -0.131. The Morgan fingerprint density at radius 3 is 2.31 bits per heavy atom. The van der Waals surface area contributed by atoms with Gasteiger partial charge in [-0.05, 0) is 29.2 Å². The Balaban J connectivity index is 2.25. The van der Waals surface area contributed by atoms with Crippen LogP contribution in [0, 0.1) is 0 Å². The molecule has 0 saturated carbocycles. The first-order chi connectivity index (χ1) is 12.2. The predicted molar refractivity (Wildman–Crippen MR) is 103 cm³/mol. The average Bonchev–Trinajstić information content (AvgIpc) is 2.57. The average molecular weight is 371 g/mol. The molecule has 0 aliphatic heterocycles. The molecule has 0 N–H and O–H groups in total. The number of carbonyl (C=O) groups excluding carboxylic acids is 1. The maximum absolute atomic E-state index is 12.8. The van der Waals surface area contributed by atoms with E-state index in [-0.39, 0.29) is 22.3 Å². The van der Waals surface area contributed by atoms with Crippen LogP contribution in [0.3, 0.4) is 0 Å². The van der Waals surface area contributed by atoms with E-state index in [1.165, 1.54) is 13.0 Å². The highest BCUT2D eigenvalue weighted by molar-refractivity contribution is 6.31. The summed E-state index contributed by atoms with van der Waals surface area (Å²) in [6, 6.07) is 12.4. The number of ether oxygens (including phenoxy) is 1. The molecule has 0 bridgehead atoms. The molecule has 134 valence electrons. The van der Waals surface area contributed by atoms with E-state index in [2.05, 4.69) is 20.8 Å². The van der Waals surface area contributed by atoms with Gasteiger partial charge in [-0.1, -0.05) is 56.6 Å². The van der Waals surface area contributed by atoms with Gasteiger partial charge >= 0.3 is 5.97 Å². The van der Waals surface area contributed by atoms with E-state index in [0.29, 0.717) is 16.2 Å². The molecule has 3 rings (SSSR count). The predicted octanol–water partition coefficient (Wildman–Crippen LogP) is 5.34. The Labute approximate surface area is 156 Å². The molecule has 0 radical (unpaired) electrons. The number of esters is 1. The van der Waals surface area contributed by atoms with Gasteiger partial charge in [0, 0.05) is 17.5 Å². The van der Waals surface area contributed by atoms with Crippen molar-refractivity contribution in [2.45, 2.75) is 33.1 Å². The molecule has 0 amide bonds. The van der Waals surface area contributed by atoms with Crippen molar-refractivity contribution in [3.05, 3.63) is 63.3 Å². The van der Waals surface area contributed by atoms with E-state index in [0.717, 1.165) is 5.56 Å². The fraction of sp³-hybridized carbons (Fsp3) is 0.238. The molecule has 0 aliphatic rings. The zero-order valence-corrected chi connectivity index (χ0v) is 15.8. The zero-order valence-electron chi connectivity index (χ0n) is 15.1. The number of rotatable bonds is 2. The fourth-order valence-electron chi connectivity index (χ4n) is 2.70. The summed E-state index contributed by atoms with van der Waals surface area (Å²) in [4.78, 5) is 24.3. The molecule has 1 heterocycles. The van der Waals surface area contributed by atoms with E-state index in [1.807, 2.05) is 24.3 Å². The van der Waals surface area contributed by atoms with E-state index in [4.69, 9.17) is 20.8 Å². The maximum Gasteiger partial charge on any atom is 0.308 e. The van der Waals surface area contributed by atoms with Crippen molar-refractivity contribution < 1.29 is 13.9 Å². The molecular formula is C21H19ClO4. The standard InChI is InChI=1S/C21H19ClO4/c1-12(23)25-20-18(24)16-11-15(22)9-10-17(16)26-19(20)13-5-7-14(8-6-13)21(2,3)4/h5-11H,1-4H3. The van der Waals surface area contributed by atoms with Crippen molar-refractivity contribution in [2.75, 3.05) is 0 Å². The summed E-state index contributed by atoms with van der Waals surface area (Å²) in [6.45, 7) is 7.60. The van der Waals surface area contributed by atoms with E-state index in [9.17, 15) is 9.59 Å². The Bertz CT molecular complexity index is 1040. The van der Waals surface area contributed by atoms with E-state index in [1.54, 1.807) is 12.1 Å². The second-order valence-corrected chi connectivity index (χ2v) is 7.59. The molecule has 4 nitrogen and oxygen atoms in total. The lowest BCUT2D eigenvalue weighted by Crippen LogP contribution is -2.14. The Morgan fingerprint density at radius 2 is 1.73 bits per heavy atom. The van der Waals surface area contributed by atoms with Crippen molar-refractivity contribution in [2.24, 2.45) is 0 Å². The Kier molecular flexibility index (Phi) is 4.63. The minimum Gasteiger partial charge on any atom is -0.452 e. The quantitative estimate of drug-likeness (QED) is 0.571. The van der Waals surface area contributed by atoms with E-state index < -0.39 is 11.4 Å². The molecule has 3 aromatic rings. The van der Waals surface area contributed by atoms with Crippen molar-refractivity contribution in [3.63, 3.8) is 0 Å². The number of hydrogen-bond acceptors (Lipinski definition) is 4. The highest BCUT2D eigenvalue weighted by atomic mass is 35.5. The molecule has 0 atom stereocenters. The summed E-state index contributed by atoms with van der Waals surface area (Å²) in [5.41, 5.74) is 1.75. The van der Waals surface area contributed by atoms with E-state index >= 15 is 0 Å². The Hall–Kier alpha value is -2.59. The molecular weight excluding hydrogens is 352 g/mol. The molecule has 0 unspecified atom stereocenters. The van der Waals surface area contributed by atoms with Gasteiger partial charge in [0.15, 0.2) is 5.76 Å². The van der Waals surface area contributed by atoms with Crippen molar-refractivity contribution in [1.29, 1.82) is 0 Å². The number of carbonyl (C=O) groups is 1. The SMILES string of the molecule is CC(=O)Oc1c(-c2ccc(C(C)(C)C)cc2)oc2ccc(Cl)cc2c1=O. The lowest BCUT2D eigenvalue weighted by Gasteiger charge is -2.19. The second-order valence-electron chi connectivity index (χ2n) is 7.15. The first-order valence-electron chi connectivity index (χ1n) is 8.22. The van der Waals surface area contributed by atoms with Gasteiger partial charge in [-0.25, -0.2) is 0 Å². The van der Waals surface area contributed by atoms with Crippen molar-refractivity contribution in [3.8, 4) is 17.1 Å². The highest BCUT2D eigenvalue weighted by Crippen LogP contribution is 2.33. The Morgan fingerprint density at radius 1 is 1.08 bits per heavy atom. The van der Waals surface area contributed by atoms with Crippen LogP contribution in [0.2, 0.25) is 5.02 Å². The minimum absolute atomic E-state index is 0.00177. The van der Waals surface area contributed by atoms with Crippen LogP contribution in [0.25, 0.3) is 22.3 Å². The van der Waals surface area contributed by atoms with Crippen LogP contribution in [-0.2, 0) is 10.2 Å². The molecule has 0 saturated heterocycles. The van der Waals surface area contributed by atoms with Crippen LogP contribution in [-0.4, -0.2) is 5.97 Å². The largest absolute Gasteiger partial charge is 0.452 e. The summed E-state index contributed by atoms with van der Waals surface area (Å²) in [5, 5.41) is 0.671. The molecule has 0 fully saturated rings. The van der Waals surface area contributed by atoms with Gasteiger partial charge in [-0.3, -0.25) is 9.59 Å². The molecule has 0 aliphatic carbocycles. The van der Waals surface area contributed by atoms with Crippen LogP contribution < -0.4 is 10.2 Å². The van der Waals surface area contributed by atoms with Crippen LogP contribution >= 0.6 is 11.6 Å². The normalized spacial score (nSPS) is 11.6. The lowest BCUT2D eigenvalue weighted by atomic mass is 9.86. The van der Waals surface area contributed by atoms with Gasteiger partial charge < -0.3 is 9.15 Å². The summed E-state index contributed by atoms with van der Waals surface area (Å²) >= 11 is 5.98. The molecule has 0 spiro atoms. The first-order valence-corrected chi connectivity index (χ1v) is 8.60. The van der Waals surface area contributed by atoms with Gasteiger partial charge in [-0.2, -0.15) is 0 Å². The van der Waals surface area contributed by atoms with Gasteiger partial charge in [0.2, 0.25) is 11.2 Å². The zero-order chi connectivity index (χ0) is 19.1. The second kappa shape index (κ2) is 6.61. The van der Waals surface area contributed by atoms with Crippen LogP contribution in [0.4, 0.5) is 0 Å². The van der Waals surface area contributed by atoms with Crippen LogP contribution in [0.5, 0.6) is 5.75 Å². The van der Waals surface area contributed by atoms with Gasteiger partial charge in [0.25, 0.3) is 0 Å². The minimum atomic E-state index is -0.591. The maximum atomic E-state index is 12.8. The van der Waals surface area contributed by atoms with Gasteiger partial charge in [-0.15, -0.1) is 0 Å². The number of hydrogen-bond donors (Lipinski definition) is 0. The summed E-state index contributed by atoms with van der Waals surface area (Å²) in [6.07, 6.45) is 0. The third kappa shape index (κ3) is 3.51.